The van der Waals surface area contributed by atoms with E-state index in [9.17, 15) is 0 Å². The summed E-state index contributed by atoms with van der Waals surface area (Å²) in [5.74, 6) is 0. The number of nitrogens with zero attached hydrogens (tertiary/aromatic N) is 1. The Balaban J connectivity index is 1.88. The number of benzene rings is 1. The van der Waals surface area contributed by atoms with Gasteiger partial charge in [-0.15, -0.1) is 0 Å². The molecule has 1 aromatic carbocycles. The molecule has 0 spiro atoms. The van der Waals surface area contributed by atoms with Gasteiger partial charge in [0.15, 0.2) is 8.32 Å². The predicted molar refractivity (Wildman–Crippen MR) is 99.6 cm³/mol. The molecule has 0 fully saturated rings. The van der Waals surface area contributed by atoms with Crippen molar-refractivity contribution in [3.8, 4) is 0 Å². The lowest BCUT2D eigenvalue weighted by molar-refractivity contribution is 0.0852. The van der Waals surface area contributed by atoms with Crippen LogP contribution in [0.15, 0.2) is 30.3 Å². The van der Waals surface area contributed by atoms with Crippen LogP contribution in [0.3, 0.4) is 0 Å². The molecule has 1 heterocycles. The highest BCUT2D eigenvalue weighted by Crippen LogP contribution is 2.36. The first-order chi connectivity index (χ1) is 10.7. The van der Waals surface area contributed by atoms with Crippen LogP contribution in [0, 0.1) is 0 Å². The molecule has 0 aliphatic carbocycles. The average Bonchev–Trinajstić information content (AvgIpc) is 2.45. The van der Waals surface area contributed by atoms with Gasteiger partial charge in [-0.1, -0.05) is 44.5 Å². The van der Waals surface area contributed by atoms with E-state index in [2.05, 4.69) is 44.9 Å². The summed E-state index contributed by atoms with van der Waals surface area (Å²) in [5.41, 5.74) is 2.02. The Hall–Kier alpha value is -0.943. The van der Waals surface area contributed by atoms with E-state index < -0.39 is 8.32 Å². The zero-order valence-corrected chi connectivity index (χ0v) is 16.4. The molecule has 0 N–H and O–H groups in total. The van der Waals surface area contributed by atoms with E-state index in [1.807, 2.05) is 24.3 Å². The van der Waals surface area contributed by atoms with Crippen molar-refractivity contribution in [2.24, 2.45) is 0 Å². The average molecular weight is 352 g/mol. The van der Waals surface area contributed by atoms with Gasteiger partial charge in [-0.2, -0.15) is 0 Å². The summed E-state index contributed by atoms with van der Waals surface area (Å²) in [6.45, 7) is 13.0. The van der Waals surface area contributed by atoms with Crippen molar-refractivity contribution in [3.63, 3.8) is 0 Å². The minimum absolute atomic E-state index is 0.230. The van der Waals surface area contributed by atoms with Crippen molar-refractivity contribution in [2.75, 3.05) is 13.2 Å². The number of halogens is 1. The van der Waals surface area contributed by atoms with Gasteiger partial charge in [0.2, 0.25) is 0 Å². The van der Waals surface area contributed by atoms with E-state index in [1.54, 1.807) is 0 Å². The summed E-state index contributed by atoms with van der Waals surface area (Å²) >= 11 is 5.94. The topological polar surface area (TPSA) is 31.4 Å². The van der Waals surface area contributed by atoms with Gasteiger partial charge in [0.1, 0.15) is 5.15 Å². The SMILES string of the molecule is CC(C)(C)[Si](C)(C)OCCOCc1cccc2nc(Cl)ccc12. The van der Waals surface area contributed by atoms with Crippen molar-refractivity contribution >= 4 is 30.8 Å². The van der Waals surface area contributed by atoms with Crippen LogP contribution < -0.4 is 0 Å². The molecule has 0 saturated heterocycles. The molecule has 23 heavy (non-hydrogen) atoms. The van der Waals surface area contributed by atoms with Crippen molar-refractivity contribution in [1.29, 1.82) is 0 Å². The second-order valence-corrected chi connectivity index (χ2v) is 12.5. The standard InChI is InChI=1S/C18H26ClNO2Si/c1-18(2,3)23(4,5)22-12-11-21-13-14-7-6-8-16-15(14)9-10-17(19)20-16/h6-10H,11-13H2,1-5H3. The molecule has 2 rings (SSSR count). The molecule has 0 amide bonds. The molecule has 0 atom stereocenters. The lowest BCUT2D eigenvalue weighted by atomic mass is 10.1. The summed E-state index contributed by atoms with van der Waals surface area (Å²) in [5, 5.41) is 1.83. The number of hydrogen-bond acceptors (Lipinski definition) is 3. The summed E-state index contributed by atoms with van der Waals surface area (Å²) in [6.07, 6.45) is 0. The number of rotatable bonds is 6. The number of fused-ring (bicyclic) bond motifs is 1. The Morgan fingerprint density at radius 3 is 2.52 bits per heavy atom. The lowest BCUT2D eigenvalue weighted by Gasteiger charge is -2.36. The number of aromatic nitrogens is 1. The van der Waals surface area contributed by atoms with Crippen LogP contribution in [-0.2, 0) is 15.8 Å². The summed E-state index contributed by atoms with van der Waals surface area (Å²) in [6, 6.07) is 9.82. The first kappa shape index (κ1) is 18.4. The fraction of sp³-hybridized carbons (Fsp3) is 0.500. The highest BCUT2D eigenvalue weighted by atomic mass is 35.5. The van der Waals surface area contributed by atoms with Crippen molar-refractivity contribution in [2.45, 2.75) is 45.5 Å². The molecule has 2 aromatic rings. The van der Waals surface area contributed by atoms with Gasteiger partial charge in [-0.25, -0.2) is 4.98 Å². The monoisotopic (exact) mass is 351 g/mol. The zero-order chi connectivity index (χ0) is 17.1. The molecule has 126 valence electrons. The highest BCUT2D eigenvalue weighted by Gasteiger charge is 2.36. The van der Waals surface area contributed by atoms with E-state index in [0.717, 1.165) is 16.5 Å². The van der Waals surface area contributed by atoms with E-state index in [4.69, 9.17) is 20.8 Å². The van der Waals surface area contributed by atoms with Gasteiger partial charge in [0.05, 0.1) is 25.3 Å². The van der Waals surface area contributed by atoms with Crippen molar-refractivity contribution < 1.29 is 9.16 Å². The van der Waals surface area contributed by atoms with Crippen LogP contribution in [0.5, 0.6) is 0 Å². The normalized spacial score (nSPS) is 12.8. The second-order valence-electron chi connectivity index (χ2n) is 7.28. The van der Waals surface area contributed by atoms with Crippen LogP contribution in [0.1, 0.15) is 26.3 Å². The lowest BCUT2D eigenvalue weighted by Crippen LogP contribution is -2.41. The molecule has 5 heteroatoms. The fourth-order valence-corrected chi connectivity index (χ4v) is 3.25. The molecule has 0 aliphatic rings. The fourth-order valence-electron chi connectivity index (χ4n) is 2.07. The minimum atomic E-state index is -1.69. The maximum Gasteiger partial charge on any atom is 0.192 e. The predicted octanol–water partition coefficient (Wildman–Crippen LogP) is 5.43. The van der Waals surface area contributed by atoms with Crippen LogP contribution in [0.2, 0.25) is 23.3 Å². The molecular weight excluding hydrogens is 326 g/mol. The quantitative estimate of drug-likeness (QED) is 0.395. The van der Waals surface area contributed by atoms with Crippen molar-refractivity contribution in [3.05, 3.63) is 41.0 Å². The Morgan fingerprint density at radius 2 is 1.83 bits per heavy atom. The van der Waals surface area contributed by atoms with Gasteiger partial charge < -0.3 is 9.16 Å². The number of ether oxygens (including phenoxy) is 1. The van der Waals surface area contributed by atoms with E-state index in [-0.39, 0.29) is 5.04 Å². The highest BCUT2D eigenvalue weighted by molar-refractivity contribution is 6.74. The second kappa shape index (κ2) is 7.30. The van der Waals surface area contributed by atoms with Crippen molar-refractivity contribution in [1.82, 2.24) is 4.98 Å². The van der Waals surface area contributed by atoms with Gasteiger partial charge in [-0.05, 0) is 41.9 Å². The van der Waals surface area contributed by atoms with E-state index >= 15 is 0 Å². The van der Waals surface area contributed by atoms with Crippen LogP contribution in [0.4, 0.5) is 0 Å². The van der Waals surface area contributed by atoms with Gasteiger partial charge in [-0.3, -0.25) is 0 Å². The van der Waals surface area contributed by atoms with E-state index in [1.165, 1.54) is 0 Å². The Bertz CT molecular complexity index is 668. The molecule has 0 radical (unpaired) electrons. The molecule has 0 saturated carbocycles. The maximum absolute atomic E-state index is 6.12. The first-order valence-electron chi connectivity index (χ1n) is 7.96. The Morgan fingerprint density at radius 1 is 1.09 bits per heavy atom. The van der Waals surface area contributed by atoms with Crippen LogP contribution >= 0.6 is 11.6 Å². The minimum Gasteiger partial charge on any atom is -0.414 e. The number of pyridine rings is 1. The molecule has 1 aromatic heterocycles. The maximum atomic E-state index is 6.12. The third-order valence-electron chi connectivity index (χ3n) is 4.54. The summed E-state index contributed by atoms with van der Waals surface area (Å²) in [7, 11) is -1.69. The van der Waals surface area contributed by atoms with Crippen LogP contribution in [-0.4, -0.2) is 26.5 Å². The third kappa shape index (κ3) is 4.77. The largest absolute Gasteiger partial charge is 0.414 e. The summed E-state index contributed by atoms with van der Waals surface area (Å²) < 4.78 is 11.9. The third-order valence-corrected chi connectivity index (χ3v) is 9.29. The molecular formula is C18H26ClNO2Si. The Labute approximate surface area is 145 Å². The molecule has 0 bridgehead atoms. The van der Waals surface area contributed by atoms with E-state index in [0.29, 0.717) is 25.0 Å². The van der Waals surface area contributed by atoms with Crippen LogP contribution in [0.25, 0.3) is 10.9 Å². The summed E-state index contributed by atoms with van der Waals surface area (Å²) in [4.78, 5) is 4.33. The molecule has 0 aliphatic heterocycles. The van der Waals surface area contributed by atoms with Gasteiger partial charge in [0, 0.05) is 5.39 Å². The number of hydrogen-bond donors (Lipinski definition) is 0. The van der Waals surface area contributed by atoms with Gasteiger partial charge >= 0.3 is 0 Å². The Kier molecular flexibility index (Phi) is 5.84. The smallest absolute Gasteiger partial charge is 0.192 e. The molecule has 3 nitrogen and oxygen atoms in total. The first-order valence-corrected chi connectivity index (χ1v) is 11.3. The molecule has 0 unspecified atom stereocenters. The zero-order valence-electron chi connectivity index (χ0n) is 14.6. The van der Waals surface area contributed by atoms with Gasteiger partial charge in [0.25, 0.3) is 0 Å².